The zero-order chi connectivity index (χ0) is 20.8. The van der Waals surface area contributed by atoms with Gasteiger partial charge in [-0.2, -0.15) is 0 Å². The summed E-state index contributed by atoms with van der Waals surface area (Å²) < 4.78 is 26.7. The summed E-state index contributed by atoms with van der Waals surface area (Å²) in [5, 5.41) is -0.0981. The summed E-state index contributed by atoms with van der Waals surface area (Å²) in [4.78, 5) is 29.5. The minimum Gasteiger partial charge on any atom is -0.378 e. The van der Waals surface area contributed by atoms with Gasteiger partial charge in [-0.25, -0.2) is 8.42 Å². The second-order valence-corrected chi connectivity index (χ2v) is 8.79. The van der Waals surface area contributed by atoms with Crippen molar-refractivity contribution in [3.63, 3.8) is 0 Å². The third-order valence-corrected chi connectivity index (χ3v) is 6.58. The predicted octanol–water partition coefficient (Wildman–Crippen LogP) is 3.36. The molecule has 6 nitrogen and oxygen atoms in total. The van der Waals surface area contributed by atoms with Crippen molar-refractivity contribution >= 4 is 33.2 Å². The Morgan fingerprint density at radius 3 is 2.10 bits per heavy atom. The number of Topliss-reactive ketones (excluding diaryl/α,β-unsaturated/α-hetero) is 1. The number of hydrogen-bond acceptors (Lipinski definition) is 5. The number of anilines is 1. The van der Waals surface area contributed by atoms with Crippen molar-refractivity contribution in [2.45, 2.75) is 9.92 Å². The van der Waals surface area contributed by atoms with Crippen molar-refractivity contribution in [3.8, 4) is 11.1 Å². The highest BCUT2D eigenvalue weighted by molar-refractivity contribution is 7.91. The number of aromatic nitrogens is 1. The fraction of sp³-hybridized carbons (Fsp3) is 0.0909. The zero-order valence-corrected chi connectivity index (χ0v) is 16.7. The number of hydrogen-bond donors (Lipinski definition) is 1. The van der Waals surface area contributed by atoms with Crippen LogP contribution in [-0.4, -0.2) is 39.1 Å². The molecule has 0 bridgehead atoms. The van der Waals surface area contributed by atoms with Gasteiger partial charge in [-0.1, -0.05) is 30.3 Å². The molecular weight excluding hydrogens is 388 g/mol. The number of fused-ring (bicyclic) bond motifs is 1. The van der Waals surface area contributed by atoms with Gasteiger partial charge in [0.1, 0.15) is 5.03 Å². The van der Waals surface area contributed by atoms with Crippen LogP contribution in [0.15, 0.2) is 70.6 Å². The molecule has 0 amide bonds. The summed E-state index contributed by atoms with van der Waals surface area (Å²) in [5.74, 6) is -1.40. The van der Waals surface area contributed by atoms with Gasteiger partial charge in [-0.15, -0.1) is 0 Å². The van der Waals surface area contributed by atoms with E-state index in [-0.39, 0.29) is 21.0 Å². The van der Waals surface area contributed by atoms with Gasteiger partial charge in [-0.05, 0) is 42.0 Å². The smallest absolute Gasteiger partial charge is 0.235 e. The highest BCUT2D eigenvalue weighted by atomic mass is 32.2. The number of aromatic amines is 1. The number of rotatable bonds is 4. The van der Waals surface area contributed by atoms with Crippen LogP contribution in [0.25, 0.3) is 17.2 Å². The van der Waals surface area contributed by atoms with Gasteiger partial charge in [0.15, 0.2) is 0 Å². The molecule has 0 saturated heterocycles. The number of benzene rings is 2. The molecule has 1 aromatic heterocycles. The number of carbonyl (C=O) groups excluding carboxylic acids is 2. The lowest BCUT2D eigenvalue weighted by Crippen LogP contribution is -2.16. The Morgan fingerprint density at radius 1 is 0.828 bits per heavy atom. The maximum Gasteiger partial charge on any atom is 0.235 e. The third kappa shape index (κ3) is 3.09. The second kappa shape index (κ2) is 6.86. The highest BCUT2D eigenvalue weighted by Crippen LogP contribution is 2.38. The molecule has 0 aliphatic heterocycles. The van der Waals surface area contributed by atoms with E-state index in [0.717, 1.165) is 11.8 Å². The molecule has 4 rings (SSSR count). The van der Waals surface area contributed by atoms with Crippen LogP contribution in [0.2, 0.25) is 0 Å². The SMILES string of the molecule is CN(C)c1ccc(-c2c(S(=O)(=O)c3ccccc3)[nH]c3c2C(=O)C(=O)C=C3)cc1. The monoisotopic (exact) mass is 406 g/mol. The number of nitrogens with zero attached hydrogens (tertiary/aromatic N) is 1. The van der Waals surface area contributed by atoms with Crippen LogP contribution in [0, 0.1) is 0 Å². The molecule has 0 saturated carbocycles. The first-order valence-corrected chi connectivity index (χ1v) is 10.4. The van der Waals surface area contributed by atoms with Crippen LogP contribution in [0.1, 0.15) is 16.1 Å². The molecule has 0 radical (unpaired) electrons. The quantitative estimate of drug-likeness (QED) is 0.672. The van der Waals surface area contributed by atoms with E-state index in [2.05, 4.69) is 4.98 Å². The van der Waals surface area contributed by atoms with Gasteiger partial charge in [0.05, 0.1) is 16.2 Å². The van der Waals surface area contributed by atoms with Crippen molar-refractivity contribution in [1.82, 2.24) is 4.98 Å². The first kappa shape index (κ1) is 18.9. The molecule has 1 aliphatic carbocycles. The first-order valence-electron chi connectivity index (χ1n) is 8.91. The standard InChI is InChI=1S/C22H18N2O4S/c1-24(2)15-10-8-14(9-11-15)19-20-17(12-13-18(25)21(20)26)23-22(19)29(27,28)16-6-4-3-5-7-16/h3-13,23H,1-2H3. The summed E-state index contributed by atoms with van der Waals surface area (Å²) in [6.45, 7) is 0. The van der Waals surface area contributed by atoms with E-state index >= 15 is 0 Å². The molecule has 0 unspecified atom stereocenters. The second-order valence-electron chi connectivity index (χ2n) is 6.90. The molecule has 1 heterocycles. The van der Waals surface area contributed by atoms with E-state index < -0.39 is 21.4 Å². The molecule has 0 fully saturated rings. The van der Waals surface area contributed by atoms with Gasteiger partial charge < -0.3 is 9.88 Å². The molecule has 0 spiro atoms. The van der Waals surface area contributed by atoms with Crippen molar-refractivity contribution in [2.24, 2.45) is 0 Å². The largest absolute Gasteiger partial charge is 0.378 e. The molecule has 7 heteroatoms. The van der Waals surface area contributed by atoms with Gasteiger partial charge >= 0.3 is 0 Å². The fourth-order valence-corrected chi connectivity index (χ4v) is 4.82. The van der Waals surface area contributed by atoms with Crippen LogP contribution < -0.4 is 4.90 Å². The number of H-pyrrole nitrogens is 1. The molecule has 3 aromatic rings. The van der Waals surface area contributed by atoms with Crippen molar-refractivity contribution in [2.75, 3.05) is 19.0 Å². The molecule has 0 atom stereocenters. The molecular formula is C22H18N2O4S. The Hall–Kier alpha value is -3.45. The number of sulfone groups is 1. The van der Waals surface area contributed by atoms with Crippen LogP contribution in [0.3, 0.4) is 0 Å². The van der Waals surface area contributed by atoms with Gasteiger partial charge in [-0.3, -0.25) is 9.59 Å². The van der Waals surface area contributed by atoms with E-state index in [1.54, 1.807) is 30.3 Å². The molecule has 146 valence electrons. The minimum absolute atomic E-state index is 0.0876. The van der Waals surface area contributed by atoms with Crippen LogP contribution >= 0.6 is 0 Å². The lowest BCUT2D eigenvalue weighted by atomic mass is 9.94. The Morgan fingerprint density at radius 2 is 1.48 bits per heavy atom. The first-order chi connectivity index (χ1) is 13.8. The topological polar surface area (TPSA) is 87.3 Å². The van der Waals surface area contributed by atoms with Crippen LogP contribution in [0.4, 0.5) is 5.69 Å². The van der Waals surface area contributed by atoms with E-state index in [1.165, 1.54) is 18.2 Å². The third-order valence-electron chi connectivity index (χ3n) is 4.84. The van der Waals surface area contributed by atoms with Gasteiger partial charge in [0.25, 0.3) is 0 Å². The number of carbonyl (C=O) groups is 2. The Labute approximate surface area is 168 Å². The molecule has 1 N–H and O–H groups in total. The minimum atomic E-state index is -3.94. The predicted molar refractivity (Wildman–Crippen MR) is 111 cm³/mol. The lowest BCUT2D eigenvalue weighted by molar-refractivity contribution is -0.110. The van der Waals surface area contributed by atoms with E-state index in [9.17, 15) is 18.0 Å². The van der Waals surface area contributed by atoms with Crippen LogP contribution in [0.5, 0.6) is 0 Å². The summed E-state index contributed by atoms with van der Waals surface area (Å²) in [6.07, 6.45) is 2.60. The summed E-state index contributed by atoms with van der Waals surface area (Å²) in [6, 6.07) is 15.2. The number of ketones is 2. The molecule has 2 aromatic carbocycles. The zero-order valence-electron chi connectivity index (χ0n) is 15.8. The van der Waals surface area contributed by atoms with Crippen molar-refractivity contribution < 1.29 is 18.0 Å². The maximum absolute atomic E-state index is 13.3. The van der Waals surface area contributed by atoms with Crippen LogP contribution in [-0.2, 0) is 14.6 Å². The van der Waals surface area contributed by atoms with Crippen molar-refractivity contribution in [3.05, 3.63) is 71.9 Å². The van der Waals surface area contributed by atoms with Gasteiger partial charge in [0, 0.05) is 25.3 Å². The molecule has 29 heavy (non-hydrogen) atoms. The summed E-state index contributed by atoms with van der Waals surface area (Å²) >= 11 is 0. The average Bonchev–Trinajstić information content (AvgIpc) is 3.12. The lowest BCUT2D eigenvalue weighted by Gasteiger charge is -2.14. The Balaban J connectivity index is 2.00. The summed E-state index contributed by atoms with van der Waals surface area (Å²) in [5.41, 5.74) is 2.09. The molecule has 1 aliphatic rings. The maximum atomic E-state index is 13.3. The van der Waals surface area contributed by atoms with E-state index in [0.29, 0.717) is 11.3 Å². The Bertz CT molecular complexity index is 1250. The Kier molecular flexibility index (Phi) is 4.47. The number of nitrogens with one attached hydrogen (secondary N) is 1. The van der Waals surface area contributed by atoms with Gasteiger partial charge in [0.2, 0.25) is 21.4 Å². The average molecular weight is 406 g/mol. The fourth-order valence-electron chi connectivity index (χ4n) is 3.33. The summed E-state index contributed by atoms with van der Waals surface area (Å²) in [7, 11) is -0.154. The van der Waals surface area contributed by atoms with E-state index in [4.69, 9.17) is 0 Å². The van der Waals surface area contributed by atoms with Crippen molar-refractivity contribution in [1.29, 1.82) is 0 Å². The van der Waals surface area contributed by atoms with E-state index in [1.807, 2.05) is 31.1 Å². The number of allylic oxidation sites excluding steroid dienone is 1. The normalized spacial score (nSPS) is 13.4. The highest BCUT2D eigenvalue weighted by Gasteiger charge is 2.34.